The molecule has 1 fully saturated rings. The second-order valence-corrected chi connectivity index (χ2v) is 7.14. The van der Waals surface area contributed by atoms with Crippen LogP contribution in [0.4, 0.5) is 5.69 Å². The van der Waals surface area contributed by atoms with E-state index in [0.29, 0.717) is 19.0 Å². The van der Waals surface area contributed by atoms with Crippen LogP contribution in [-0.4, -0.2) is 45.2 Å². The number of rotatable bonds is 3. The Balaban J connectivity index is 2.08. The monoisotopic (exact) mass is 302 g/mol. The molecule has 0 atom stereocenters. The van der Waals surface area contributed by atoms with Gasteiger partial charge in [0.15, 0.2) is 0 Å². The number of halogens is 1. The minimum absolute atomic E-state index is 0.522. The molecule has 1 aromatic rings. The molecule has 0 radical (unpaired) electrons. The molecule has 6 heteroatoms. The van der Waals surface area contributed by atoms with E-state index in [9.17, 15) is 8.42 Å². The van der Waals surface area contributed by atoms with Crippen LogP contribution >= 0.6 is 11.6 Å². The molecule has 19 heavy (non-hydrogen) atoms. The lowest BCUT2D eigenvalue weighted by atomic mass is 10.1. The van der Waals surface area contributed by atoms with Crippen LogP contribution in [0.1, 0.15) is 11.1 Å². The summed E-state index contributed by atoms with van der Waals surface area (Å²) in [5, 5.41) is 0. The second kappa shape index (κ2) is 5.69. The van der Waals surface area contributed by atoms with E-state index in [2.05, 4.69) is 17.0 Å². The number of benzene rings is 1. The van der Waals surface area contributed by atoms with E-state index in [-0.39, 0.29) is 0 Å². The van der Waals surface area contributed by atoms with Crippen molar-refractivity contribution >= 4 is 27.3 Å². The van der Waals surface area contributed by atoms with E-state index < -0.39 is 10.0 Å². The minimum Gasteiger partial charge on any atom is -0.369 e. The fourth-order valence-corrected chi connectivity index (χ4v) is 3.43. The highest BCUT2D eigenvalue weighted by Gasteiger charge is 2.23. The highest BCUT2D eigenvalue weighted by Crippen LogP contribution is 2.22. The first-order valence-electron chi connectivity index (χ1n) is 6.27. The summed E-state index contributed by atoms with van der Waals surface area (Å²) >= 11 is 5.85. The van der Waals surface area contributed by atoms with Gasteiger partial charge >= 0.3 is 0 Å². The van der Waals surface area contributed by atoms with Crippen molar-refractivity contribution in [1.82, 2.24) is 4.31 Å². The van der Waals surface area contributed by atoms with Crippen molar-refractivity contribution in [2.45, 2.75) is 12.8 Å². The number of sulfonamides is 1. The number of nitrogens with zero attached hydrogens (tertiary/aromatic N) is 2. The quantitative estimate of drug-likeness (QED) is 0.800. The maximum Gasteiger partial charge on any atom is 0.211 e. The van der Waals surface area contributed by atoms with E-state index in [0.717, 1.165) is 24.3 Å². The first kappa shape index (κ1) is 14.6. The van der Waals surface area contributed by atoms with Crippen molar-refractivity contribution < 1.29 is 8.42 Å². The van der Waals surface area contributed by atoms with Crippen LogP contribution in [-0.2, 0) is 15.9 Å². The molecule has 4 nitrogen and oxygen atoms in total. The van der Waals surface area contributed by atoms with Gasteiger partial charge in [-0.25, -0.2) is 8.42 Å². The normalized spacial score (nSPS) is 17.7. The van der Waals surface area contributed by atoms with Crippen molar-refractivity contribution in [3.05, 3.63) is 29.3 Å². The molecule has 0 unspecified atom stereocenters. The van der Waals surface area contributed by atoms with Crippen molar-refractivity contribution in [1.29, 1.82) is 0 Å². The zero-order valence-corrected chi connectivity index (χ0v) is 12.8. The molecule has 1 aromatic carbocycles. The van der Waals surface area contributed by atoms with Gasteiger partial charge in [-0.15, -0.1) is 11.6 Å². The lowest BCUT2D eigenvalue weighted by Gasteiger charge is -2.35. The van der Waals surface area contributed by atoms with Gasteiger partial charge in [0.25, 0.3) is 0 Å². The number of anilines is 1. The largest absolute Gasteiger partial charge is 0.369 e. The van der Waals surface area contributed by atoms with Crippen LogP contribution in [0.2, 0.25) is 0 Å². The van der Waals surface area contributed by atoms with E-state index >= 15 is 0 Å². The lowest BCUT2D eigenvalue weighted by Crippen LogP contribution is -2.48. The van der Waals surface area contributed by atoms with Gasteiger partial charge in [0.2, 0.25) is 10.0 Å². The summed E-state index contributed by atoms with van der Waals surface area (Å²) in [6.07, 6.45) is 1.27. The number of alkyl halides is 1. The van der Waals surface area contributed by atoms with Gasteiger partial charge in [0, 0.05) is 37.7 Å². The fourth-order valence-electron chi connectivity index (χ4n) is 2.30. The SMILES string of the molecule is Cc1cc(N2CCN(S(C)(=O)=O)CC2)ccc1CCl. The van der Waals surface area contributed by atoms with Gasteiger partial charge in [0.1, 0.15) is 0 Å². The maximum absolute atomic E-state index is 11.5. The third kappa shape index (κ3) is 3.41. The summed E-state index contributed by atoms with van der Waals surface area (Å²) in [6.45, 7) is 4.61. The molecule has 0 aromatic heterocycles. The van der Waals surface area contributed by atoms with Crippen molar-refractivity contribution in [2.75, 3.05) is 37.3 Å². The van der Waals surface area contributed by atoms with Crippen molar-refractivity contribution in [2.24, 2.45) is 0 Å². The minimum atomic E-state index is -3.06. The highest BCUT2D eigenvalue weighted by atomic mass is 35.5. The Labute approximate surface area is 120 Å². The molecular formula is C13H19ClN2O2S. The molecule has 1 aliphatic rings. The van der Waals surface area contributed by atoms with Crippen LogP contribution in [0.25, 0.3) is 0 Å². The second-order valence-electron chi connectivity index (χ2n) is 4.89. The Morgan fingerprint density at radius 3 is 2.32 bits per heavy atom. The Morgan fingerprint density at radius 2 is 1.84 bits per heavy atom. The number of aryl methyl sites for hydroxylation is 1. The van der Waals surface area contributed by atoms with Crippen LogP contribution in [0.5, 0.6) is 0 Å². The highest BCUT2D eigenvalue weighted by molar-refractivity contribution is 7.88. The van der Waals surface area contributed by atoms with Crippen LogP contribution < -0.4 is 4.90 Å². The third-order valence-corrected chi connectivity index (χ3v) is 5.13. The van der Waals surface area contributed by atoms with Crippen molar-refractivity contribution in [3.63, 3.8) is 0 Å². The predicted octanol–water partition coefficient (Wildman–Crippen LogP) is 1.82. The van der Waals surface area contributed by atoms with Crippen LogP contribution in [0.3, 0.4) is 0 Å². The summed E-state index contributed by atoms with van der Waals surface area (Å²) in [6, 6.07) is 6.22. The Hall–Kier alpha value is -0.780. The van der Waals surface area contributed by atoms with E-state index in [4.69, 9.17) is 11.6 Å². The Morgan fingerprint density at radius 1 is 1.21 bits per heavy atom. The Kier molecular flexibility index (Phi) is 4.38. The van der Waals surface area contributed by atoms with E-state index in [1.807, 2.05) is 13.0 Å². The smallest absolute Gasteiger partial charge is 0.211 e. The van der Waals surface area contributed by atoms with E-state index in [1.54, 1.807) is 0 Å². The maximum atomic E-state index is 11.5. The first-order valence-corrected chi connectivity index (χ1v) is 8.65. The molecule has 0 amide bonds. The average Bonchev–Trinajstić information content (AvgIpc) is 2.38. The third-order valence-electron chi connectivity index (χ3n) is 3.54. The zero-order chi connectivity index (χ0) is 14.0. The summed E-state index contributed by atoms with van der Waals surface area (Å²) in [4.78, 5) is 2.21. The molecule has 0 N–H and O–H groups in total. The molecule has 0 saturated carbocycles. The Bertz CT molecular complexity index is 552. The number of piperazine rings is 1. The van der Waals surface area contributed by atoms with Gasteiger partial charge in [-0.2, -0.15) is 4.31 Å². The topological polar surface area (TPSA) is 40.6 Å². The first-order chi connectivity index (χ1) is 8.91. The van der Waals surface area contributed by atoms with Gasteiger partial charge in [0.05, 0.1) is 6.26 Å². The molecule has 1 aliphatic heterocycles. The van der Waals surface area contributed by atoms with Crippen molar-refractivity contribution in [3.8, 4) is 0 Å². The van der Waals surface area contributed by atoms with Crippen LogP contribution in [0.15, 0.2) is 18.2 Å². The van der Waals surface area contributed by atoms with Gasteiger partial charge < -0.3 is 4.90 Å². The van der Waals surface area contributed by atoms with Gasteiger partial charge in [-0.1, -0.05) is 6.07 Å². The van der Waals surface area contributed by atoms with Gasteiger partial charge in [-0.3, -0.25) is 0 Å². The molecule has 0 aliphatic carbocycles. The summed E-state index contributed by atoms with van der Waals surface area (Å²) in [5.41, 5.74) is 3.46. The summed E-state index contributed by atoms with van der Waals surface area (Å²) < 4.78 is 24.5. The number of hydrogen-bond donors (Lipinski definition) is 0. The predicted molar refractivity (Wildman–Crippen MR) is 79.4 cm³/mol. The standard InChI is InChI=1S/C13H19ClN2O2S/c1-11-9-13(4-3-12(11)10-14)15-5-7-16(8-6-15)19(2,17)18/h3-4,9H,5-8,10H2,1-2H3. The molecule has 2 rings (SSSR count). The summed E-state index contributed by atoms with van der Waals surface area (Å²) in [5.74, 6) is 0.522. The molecule has 0 spiro atoms. The van der Waals surface area contributed by atoms with E-state index in [1.165, 1.54) is 16.1 Å². The lowest BCUT2D eigenvalue weighted by molar-refractivity contribution is 0.388. The van der Waals surface area contributed by atoms with Gasteiger partial charge in [-0.05, 0) is 30.2 Å². The molecule has 0 bridgehead atoms. The summed E-state index contributed by atoms with van der Waals surface area (Å²) in [7, 11) is -3.06. The molecule has 1 heterocycles. The zero-order valence-electron chi connectivity index (χ0n) is 11.3. The number of hydrogen-bond acceptors (Lipinski definition) is 3. The molecule has 1 saturated heterocycles. The molecule has 106 valence electrons. The van der Waals surface area contributed by atoms with Crippen LogP contribution in [0, 0.1) is 6.92 Å². The fraction of sp³-hybridized carbons (Fsp3) is 0.538. The molecular weight excluding hydrogens is 284 g/mol. The average molecular weight is 303 g/mol.